The van der Waals surface area contributed by atoms with Gasteiger partial charge in [-0.15, -0.1) is 0 Å². The third-order valence-electron chi connectivity index (χ3n) is 3.23. The molecule has 2 aromatic rings. The summed E-state index contributed by atoms with van der Waals surface area (Å²) < 4.78 is 9.75. The van der Waals surface area contributed by atoms with Crippen molar-refractivity contribution in [3.63, 3.8) is 0 Å². The third kappa shape index (κ3) is 5.20. The van der Waals surface area contributed by atoms with E-state index in [0.717, 1.165) is 24.5 Å². The Morgan fingerprint density at radius 1 is 1.17 bits per heavy atom. The van der Waals surface area contributed by atoms with E-state index in [1.807, 2.05) is 19.1 Å². The average Bonchev–Trinajstić information content (AvgIpc) is 2.58. The Labute approximate surface area is 141 Å². The van der Waals surface area contributed by atoms with Crippen molar-refractivity contribution in [1.82, 2.24) is 9.97 Å². The lowest BCUT2D eigenvalue weighted by Crippen LogP contribution is -2.08. The Morgan fingerprint density at radius 3 is 2.71 bits per heavy atom. The predicted octanol–water partition coefficient (Wildman–Crippen LogP) is 2.76. The second kappa shape index (κ2) is 8.83. The first kappa shape index (κ1) is 17.7. The summed E-state index contributed by atoms with van der Waals surface area (Å²) in [5, 5.41) is 6.42. The number of aromatic nitrogens is 2. The van der Waals surface area contributed by atoms with Gasteiger partial charge in [-0.1, -0.05) is 6.07 Å². The van der Waals surface area contributed by atoms with Crippen molar-refractivity contribution >= 4 is 23.3 Å². The lowest BCUT2D eigenvalue weighted by atomic mass is 10.2. The maximum Gasteiger partial charge on any atom is 0.337 e. The monoisotopic (exact) mass is 330 g/mol. The number of ether oxygens (including phenoxy) is 2. The number of carbonyl (C=O) groups excluding carboxylic acids is 1. The number of methoxy groups -OCH3 is 2. The Kier molecular flexibility index (Phi) is 6.51. The van der Waals surface area contributed by atoms with Crippen LogP contribution in [-0.2, 0) is 9.47 Å². The standard InChI is InChI=1S/C17H22N4O3/c1-12-19-15(18-8-5-9-23-2)11-16(20-12)21-14-7-4-6-13(10-14)17(22)24-3/h4,6-7,10-11H,5,8-9H2,1-3H3,(H2,18,19,20,21). The average molecular weight is 330 g/mol. The van der Waals surface area contributed by atoms with Crippen LogP contribution in [0.5, 0.6) is 0 Å². The SMILES string of the molecule is COCCCNc1cc(Nc2cccc(C(=O)OC)c2)nc(C)n1. The number of esters is 1. The summed E-state index contributed by atoms with van der Waals surface area (Å²) in [6.45, 7) is 3.29. The molecule has 1 heterocycles. The van der Waals surface area contributed by atoms with Crippen molar-refractivity contribution in [3.05, 3.63) is 41.7 Å². The molecule has 0 radical (unpaired) electrons. The second-order valence-corrected chi connectivity index (χ2v) is 5.16. The van der Waals surface area contributed by atoms with Crippen LogP contribution in [0, 0.1) is 6.92 Å². The van der Waals surface area contributed by atoms with Crippen LogP contribution >= 0.6 is 0 Å². The van der Waals surface area contributed by atoms with Crippen molar-refractivity contribution in [2.24, 2.45) is 0 Å². The fourth-order valence-electron chi connectivity index (χ4n) is 2.14. The molecule has 128 valence electrons. The van der Waals surface area contributed by atoms with Crippen LogP contribution in [0.4, 0.5) is 17.3 Å². The van der Waals surface area contributed by atoms with Gasteiger partial charge in [0.25, 0.3) is 0 Å². The van der Waals surface area contributed by atoms with Gasteiger partial charge < -0.3 is 20.1 Å². The summed E-state index contributed by atoms with van der Waals surface area (Å²) in [6.07, 6.45) is 0.892. The highest BCUT2D eigenvalue weighted by atomic mass is 16.5. The fourth-order valence-corrected chi connectivity index (χ4v) is 2.14. The van der Waals surface area contributed by atoms with E-state index in [4.69, 9.17) is 9.47 Å². The first-order valence-electron chi connectivity index (χ1n) is 7.66. The van der Waals surface area contributed by atoms with Gasteiger partial charge in [-0.2, -0.15) is 0 Å². The number of benzene rings is 1. The molecule has 2 rings (SSSR count). The van der Waals surface area contributed by atoms with Gasteiger partial charge in [0.15, 0.2) is 0 Å². The minimum absolute atomic E-state index is 0.377. The summed E-state index contributed by atoms with van der Waals surface area (Å²) in [5.41, 5.74) is 1.23. The minimum Gasteiger partial charge on any atom is -0.465 e. The number of aryl methyl sites for hydroxylation is 1. The number of rotatable bonds is 8. The van der Waals surface area contributed by atoms with E-state index < -0.39 is 0 Å². The second-order valence-electron chi connectivity index (χ2n) is 5.16. The molecule has 0 aliphatic carbocycles. The molecule has 0 bridgehead atoms. The summed E-state index contributed by atoms with van der Waals surface area (Å²) in [6, 6.07) is 8.88. The predicted molar refractivity (Wildman–Crippen MR) is 92.8 cm³/mol. The van der Waals surface area contributed by atoms with Gasteiger partial charge in [0.2, 0.25) is 0 Å². The lowest BCUT2D eigenvalue weighted by Gasteiger charge is -2.11. The number of nitrogens with zero attached hydrogens (tertiary/aromatic N) is 2. The highest BCUT2D eigenvalue weighted by Crippen LogP contribution is 2.19. The van der Waals surface area contributed by atoms with E-state index in [0.29, 0.717) is 23.8 Å². The Morgan fingerprint density at radius 2 is 1.96 bits per heavy atom. The molecular weight excluding hydrogens is 308 g/mol. The molecule has 0 aliphatic heterocycles. The van der Waals surface area contributed by atoms with Crippen LogP contribution in [0.15, 0.2) is 30.3 Å². The number of nitrogens with one attached hydrogen (secondary N) is 2. The lowest BCUT2D eigenvalue weighted by molar-refractivity contribution is 0.0601. The smallest absolute Gasteiger partial charge is 0.337 e. The summed E-state index contributed by atoms with van der Waals surface area (Å²) in [4.78, 5) is 20.3. The summed E-state index contributed by atoms with van der Waals surface area (Å²) in [7, 11) is 3.04. The van der Waals surface area contributed by atoms with Gasteiger partial charge in [-0.25, -0.2) is 14.8 Å². The molecule has 0 saturated carbocycles. The summed E-state index contributed by atoms with van der Waals surface area (Å²) in [5.74, 6) is 1.67. The van der Waals surface area contributed by atoms with Crippen molar-refractivity contribution in [2.75, 3.05) is 38.0 Å². The first-order valence-corrected chi connectivity index (χ1v) is 7.66. The molecule has 0 spiro atoms. The van der Waals surface area contributed by atoms with E-state index in [2.05, 4.69) is 20.6 Å². The molecule has 7 nitrogen and oxygen atoms in total. The van der Waals surface area contributed by atoms with E-state index in [9.17, 15) is 4.79 Å². The minimum atomic E-state index is -0.377. The molecule has 1 aromatic heterocycles. The van der Waals surface area contributed by atoms with Gasteiger partial charge in [0.1, 0.15) is 17.5 Å². The highest BCUT2D eigenvalue weighted by Gasteiger charge is 2.07. The number of anilines is 3. The van der Waals surface area contributed by atoms with Crippen molar-refractivity contribution in [3.8, 4) is 0 Å². The molecular formula is C17H22N4O3. The topological polar surface area (TPSA) is 85.4 Å². The van der Waals surface area contributed by atoms with Crippen LogP contribution < -0.4 is 10.6 Å². The molecule has 24 heavy (non-hydrogen) atoms. The first-order chi connectivity index (χ1) is 11.6. The van der Waals surface area contributed by atoms with Gasteiger partial charge in [-0.3, -0.25) is 0 Å². The normalized spacial score (nSPS) is 10.3. The number of hydrogen-bond donors (Lipinski definition) is 2. The highest BCUT2D eigenvalue weighted by molar-refractivity contribution is 5.90. The molecule has 7 heteroatoms. The fraction of sp³-hybridized carbons (Fsp3) is 0.353. The Bertz CT molecular complexity index is 691. The van der Waals surface area contributed by atoms with E-state index in [1.165, 1.54) is 7.11 Å². The van der Waals surface area contributed by atoms with Gasteiger partial charge in [0.05, 0.1) is 12.7 Å². The zero-order chi connectivity index (χ0) is 17.4. The third-order valence-corrected chi connectivity index (χ3v) is 3.23. The maximum atomic E-state index is 11.6. The molecule has 0 aliphatic rings. The zero-order valence-electron chi connectivity index (χ0n) is 14.1. The van der Waals surface area contributed by atoms with E-state index >= 15 is 0 Å². The van der Waals surface area contributed by atoms with Crippen molar-refractivity contribution in [2.45, 2.75) is 13.3 Å². The summed E-state index contributed by atoms with van der Waals surface area (Å²) >= 11 is 0. The quantitative estimate of drug-likeness (QED) is 0.568. The van der Waals surface area contributed by atoms with Crippen molar-refractivity contribution < 1.29 is 14.3 Å². The Balaban J connectivity index is 2.09. The number of hydrogen-bond acceptors (Lipinski definition) is 7. The van der Waals surface area contributed by atoms with Crippen LogP contribution in [0.1, 0.15) is 22.6 Å². The van der Waals surface area contributed by atoms with E-state index in [-0.39, 0.29) is 5.97 Å². The molecule has 0 saturated heterocycles. The molecule has 1 aromatic carbocycles. The van der Waals surface area contributed by atoms with Crippen LogP contribution in [-0.4, -0.2) is 43.3 Å². The van der Waals surface area contributed by atoms with Crippen LogP contribution in [0.25, 0.3) is 0 Å². The largest absolute Gasteiger partial charge is 0.465 e. The Hall–Kier alpha value is -2.67. The van der Waals surface area contributed by atoms with Crippen molar-refractivity contribution in [1.29, 1.82) is 0 Å². The van der Waals surface area contributed by atoms with Gasteiger partial charge in [0, 0.05) is 32.0 Å². The molecule has 0 unspecified atom stereocenters. The molecule has 2 N–H and O–H groups in total. The number of carbonyl (C=O) groups is 1. The van der Waals surface area contributed by atoms with Gasteiger partial charge in [-0.05, 0) is 31.5 Å². The maximum absolute atomic E-state index is 11.6. The zero-order valence-corrected chi connectivity index (χ0v) is 14.1. The van der Waals surface area contributed by atoms with E-state index in [1.54, 1.807) is 25.3 Å². The molecule has 0 atom stereocenters. The van der Waals surface area contributed by atoms with Gasteiger partial charge >= 0.3 is 5.97 Å². The molecule has 0 fully saturated rings. The molecule has 0 amide bonds. The van der Waals surface area contributed by atoms with Crippen LogP contribution in [0.2, 0.25) is 0 Å². The van der Waals surface area contributed by atoms with Crippen LogP contribution in [0.3, 0.4) is 0 Å².